The summed E-state index contributed by atoms with van der Waals surface area (Å²) in [5.41, 5.74) is 5.01. The molecular formula is C34H26N4O7. The van der Waals surface area contributed by atoms with E-state index < -0.39 is 45.8 Å². The van der Waals surface area contributed by atoms with Crippen LogP contribution in [-0.4, -0.2) is 43.1 Å². The minimum atomic E-state index is -1.22. The second-order valence-electron chi connectivity index (χ2n) is 11.1. The Morgan fingerprint density at radius 2 is 1.60 bits per heavy atom. The number of imide groups is 1. The predicted octanol–water partition coefficient (Wildman–Crippen LogP) is 4.58. The second kappa shape index (κ2) is 10.4. The van der Waals surface area contributed by atoms with Gasteiger partial charge in [-0.15, -0.1) is 0 Å². The van der Waals surface area contributed by atoms with Gasteiger partial charge in [0.25, 0.3) is 11.6 Å². The van der Waals surface area contributed by atoms with E-state index in [0.717, 1.165) is 27.2 Å². The number of nitro groups is 1. The Hall–Kier alpha value is -5.84. The summed E-state index contributed by atoms with van der Waals surface area (Å²) in [5, 5.41) is 15.9. The molecule has 11 nitrogen and oxygen atoms in total. The Morgan fingerprint density at radius 1 is 0.911 bits per heavy atom. The van der Waals surface area contributed by atoms with Crippen LogP contribution in [0.1, 0.15) is 38.5 Å². The maximum absolute atomic E-state index is 14.6. The van der Waals surface area contributed by atoms with E-state index in [2.05, 4.69) is 10.5 Å². The molecule has 1 heterocycles. The molecule has 0 saturated carbocycles. The molecule has 0 spiro atoms. The van der Waals surface area contributed by atoms with Crippen LogP contribution in [0.15, 0.2) is 96.1 Å². The maximum atomic E-state index is 14.6. The van der Waals surface area contributed by atoms with Gasteiger partial charge in [0.2, 0.25) is 11.8 Å². The van der Waals surface area contributed by atoms with E-state index in [-0.39, 0.29) is 17.1 Å². The number of hydrazone groups is 1. The molecule has 0 radical (unpaired) electrons. The molecule has 11 heteroatoms. The van der Waals surface area contributed by atoms with Gasteiger partial charge in [-0.2, -0.15) is 5.10 Å². The van der Waals surface area contributed by atoms with Gasteiger partial charge in [-0.05, 0) is 46.5 Å². The van der Waals surface area contributed by atoms with Crippen molar-refractivity contribution < 1.29 is 28.8 Å². The van der Waals surface area contributed by atoms with Gasteiger partial charge in [-0.25, -0.2) is 10.3 Å². The quantitative estimate of drug-likeness (QED) is 0.141. The number of amides is 3. The average Bonchev–Trinajstić information content (AvgIpc) is 3.34. The molecule has 4 aliphatic rings. The van der Waals surface area contributed by atoms with Crippen molar-refractivity contribution >= 4 is 35.3 Å². The highest BCUT2D eigenvalue weighted by Crippen LogP contribution is 2.64. The van der Waals surface area contributed by atoms with Crippen LogP contribution < -0.4 is 19.8 Å². The standard InChI is InChI=1S/C34H26N4O7/c1-44-21-9-7-8-19(16-21)31(39)36-35-18-34-24-12-5-3-10-22(24)28(23-11-4-6-13-25(23)34)29-30(34)33(41)37(32(29)40)26-15-14-20(38(42)43)17-27(26)45-2/h3-18,28-30H,1-2H3,(H,36,39)/b35-18-/t28?,29-,30-,34?/m1/s1. The van der Waals surface area contributed by atoms with E-state index in [9.17, 15) is 24.5 Å². The van der Waals surface area contributed by atoms with E-state index in [1.165, 1.54) is 32.4 Å². The minimum Gasteiger partial charge on any atom is -0.497 e. The number of nitrogens with one attached hydrogen (secondary N) is 1. The Balaban J connectivity index is 1.38. The molecule has 45 heavy (non-hydrogen) atoms. The van der Waals surface area contributed by atoms with E-state index in [4.69, 9.17) is 9.47 Å². The molecule has 0 aromatic heterocycles. The first-order valence-corrected chi connectivity index (χ1v) is 14.2. The smallest absolute Gasteiger partial charge is 0.273 e. The lowest BCUT2D eigenvalue weighted by atomic mass is 9.47. The molecule has 0 unspecified atom stereocenters. The van der Waals surface area contributed by atoms with Crippen molar-refractivity contribution in [3.8, 4) is 11.5 Å². The zero-order chi connectivity index (χ0) is 31.5. The average molecular weight is 603 g/mol. The zero-order valence-electron chi connectivity index (χ0n) is 24.2. The van der Waals surface area contributed by atoms with Gasteiger partial charge in [0.1, 0.15) is 11.5 Å². The summed E-state index contributed by atoms with van der Waals surface area (Å²) in [6.07, 6.45) is 1.57. The van der Waals surface area contributed by atoms with Gasteiger partial charge in [0, 0.05) is 23.8 Å². The number of ether oxygens (including phenoxy) is 2. The molecule has 4 aromatic carbocycles. The Bertz CT molecular complexity index is 1910. The number of hydrogen-bond donors (Lipinski definition) is 1. The number of nitro benzene ring substituents is 1. The molecule has 2 bridgehead atoms. The highest BCUT2D eigenvalue weighted by atomic mass is 16.6. The maximum Gasteiger partial charge on any atom is 0.273 e. The van der Waals surface area contributed by atoms with Crippen molar-refractivity contribution in [1.82, 2.24) is 5.43 Å². The van der Waals surface area contributed by atoms with Gasteiger partial charge >= 0.3 is 0 Å². The van der Waals surface area contributed by atoms with Crippen LogP contribution >= 0.6 is 0 Å². The van der Waals surface area contributed by atoms with Crippen molar-refractivity contribution in [1.29, 1.82) is 0 Å². The number of anilines is 1. The fourth-order valence-electron chi connectivity index (χ4n) is 7.27. The molecule has 3 amide bonds. The lowest BCUT2D eigenvalue weighted by Crippen LogP contribution is -2.54. The first kappa shape index (κ1) is 28.0. The Kier molecular flexibility index (Phi) is 6.47. The van der Waals surface area contributed by atoms with Crippen LogP contribution in [0.25, 0.3) is 0 Å². The molecular weight excluding hydrogens is 576 g/mol. The Morgan fingerprint density at radius 3 is 2.24 bits per heavy atom. The third kappa shape index (κ3) is 3.97. The largest absolute Gasteiger partial charge is 0.497 e. The van der Waals surface area contributed by atoms with Crippen LogP contribution in [0.3, 0.4) is 0 Å². The summed E-state index contributed by atoms with van der Waals surface area (Å²) in [7, 11) is 2.84. The van der Waals surface area contributed by atoms with Crippen LogP contribution in [0.4, 0.5) is 11.4 Å². The van der Waals surface area contributed by atoms with E-state index in [1.54, 1.807) is 30.5 Å². The zero-order valence-corrected chi connectivity index (χ0v) is 24.2. The van der Waals surface area contributed by atoms with Crippen molar-refractivity contribution in [2.45, 2.75) is 11.3 Å². The lowest BCUT2D eigenvalue weighted by molar-refractivity contribution is -0.384. The van der Waals surface area contributed by atoms with Gasteiger partial charge in [-0.3, -0.25) is 24.5 Å². The third-order valence-electron chi connectivity index (χ3n) is 9.07. The SMILES string of the molecule is COc1cccc(C(=O)N/N=C\C23c4ccccc4C(c4ccccc42)[C@H]2C(=O)N(c4ccc([N+](=O)[O-])cc4OC)C(=O)[C@@H]23)c1. The molecule has 3 aliphatic carbocycles. The van der Waals surface area contributed by atoms with Crippen molar-refractivity contribution in [3.05, 3.63) is 129 Å². The number of carbonyl (C=O) groups is 3. The van der Waals surface area contributed by atoms with Crippen molar-refractivity contribution in [2.24, 2.45) is 16.9 Å². The first-order chi connectivity index (χ1) is 21.8. The number of nitrogens with zero attached hydrogens (tertiary/aromatic N) is 3. The molecule has 1 aliphatic heterocycles. The number of hydrogen-bond acceptors (Lipinski definition) is 8. The van der Waals surface area contributed by atoms with Crippen LogP contribution in [-0.2, 0) is 15.0 Å². The minimum absolute atomic E-state index is 0.0280. The number of non-ortho nitro benzene ring substituents is 1. The highest BCUT2D eigenvalue weighted by molar-refractivity contribution is 6.25. The topological polar surface area (TPSA) is 140 Å². The summed E-state index contributed by atoms with van der Waals surface area (Å²) in [6.45, 7) is 0. The van der Waals surface area contributed by atoms with Crippen molar-refractivity contribution in [2.75, 3.05) is 19.1 Å². The Labute approximate surface area is 257 Å². The molecule has 1 N–H and O–H groups in total. The van der Waals surface area contributed by atoms with Gasteiger partial charge < -0.3 is 9.47 Å². The molecule has 1 saturated heterocycles. The van der Waals surface area contributed by atoms with Crippen LogP contribution in [0, 0.1) is 22.0 Å². The number of methoxy groups -OCH3 is 2. The van der Waals surface area contributed by atoms with E-state index >= 15 is 0 Å². The third-order valence-corrected chi connectivity index (χ3v) is 9.07. The van der Waals surface area contributed by atoms with Gasteiger partial charge in [0.05, 0.1) is 48.1 Å². The normalized spacial score (nSPS) is 22.5. The fourth-order valence-corrected chi connectivity index (χ4v) is 7.27. The van der Waals surface area contributed by atoms with Gasteiger partial charge in [0.15, 0.2) is 0 Å². The molecule has 224 valence electrons. The summed E-state index contributed by atoms with van der Waals surface area (Å²) in [5.74, 6) is -3.01. The summed E-state index contributed by atoms with van der Waals surface area (Å²) < 4.78 is 10.7. The van der Waals surface area contributed by atoms with Gasteiger partial charge in [-0.1, -0.05) is 54.6 Å². The monoisotopic (exact) mass is 602 g/mol. The van der Waals surface area contributed by atoms with Crippen LogP contribution in [0.2, 0.25) is 0 Å². The van der Waals surface area contributed by atoms with Crippen LogP contribution in [0.5, 0.6) is 11.5 Å². The number of carbonyl (C=O) groups excluding carboxylic acids is 3. The first-order valence-electron chi connectivity index (χ1n) is 14.2. The molecule has 2 atom stereocenters. The second-order valence-corrected chi connectivity index (χ2v) is 11.1. The van der Waals surface area contributed by atoms with Crippen molar-refractivity contribution in [3.63, 3.8) is 0 Å². The van der Waals surface area contributed by atoms with E-state index in [0.29, 0.717) is 11.3 Å². The summed E-state index contributed by atoms with van der Waals surface area (Å²) in [6, 6.07) is 25.7. The number of benzene rings is 4. The molecule has 4 aromatic rings. The molecule has 1 fully saturated rings. The lowest BCUT2D eigenvalue weighted by Gasteiger charge is -2.52. The fraction of sp³-hybridized carbons (Fsp3) is 0.176. The summed E-state index contributed by atoms with van der Waals surface area (Å²) in [4.78, 5) is 54.1. The number of rotatable bonds is 7. The van der Waals surface area contributed by atoms with E-state index in [1.807, 2.05) is 48.5 Å². The molecule has 8 rings (SSSR count). The predicted molar refractivity (Wildman–Crippen MR) is 164 cm³/mol. The summed E-state index contributed by atoms with van der Waals surface area (Å²) >= 11 is 0. The highest BCUT2D eigenvalue weighted by Gasteiger charge is 2.68.